The first-order valence-corrected chi connectivity index (χ1v) is 6.54. The summed E-state index contributed by atoms with van der Waals surface area (Å²) in [5, 5.41) is 6.98. The summed E-state index contributed by atoms with van der Waals surface area (Å²) in [7, 11) is 1.78. The molecule has 0 aliphatic carbocycles. The molecule has 2 atom stereocenters. The molecule has 0 saturated carbocycles. The van der Waals surface area contributed by atoms with Crippen molar-refractivity contribution < 1.29 is 4.74 Å². The molecule has 0 spiro atoms. The van der Waals surface area contributed by atoms with E-state index in [0.717, 1.165) is 26.2 Å². The fourth-order valence-electron chi connectivity index (χ4n) is 1.79. The molecular weight excluding hydrogens is 196 g/mol. The maximum atomic E-state index is 5.25. The Bertz CT molecular complexity index is 132. The van der Waals surface area contributed by atoms with Gasteiger partial charge in [-0.2, -0.15) is 11.8 Å². The summed E-state index contributed by atoms with van der Waals surface area (Å²) in [6, 6.07) is 0.503. The van der Waals surface area contributed by atoms with Crippen LogP contribution in [-0.2, 0) is 4.74 Å². The first-order valence-electron chi connectivity index (χ1n) is 5.39. The number of hydrogen-bond donors (Lipinski definition) is 2. The van der Waals surface area contributed by atoms with E-state index in [2.05, 4.69) is 17.6 Å². The summed E-state index contributed by atoms with van der Waals surface area (Å²) in [5.74, 6) is 3.18. The molecule has 0 bridgehead atoms. The van der Waals surface area contributed by atoms with E-state index in [4.69, 9.17) is 4.74 Å². The zero-order valence-electron chi connectivity index (χ0n) is 9.21. The Morgan fingerprint density at radius 2 is 2.50 bits per heavy atom. The van der Waals surface area contributed by atoms with Crippen molar-refractivity contribution in [2.75, 3.05) is 44.9 Å². The molecule has 4 heteroatoms. The molecular formula is C10H22N2OS. The van der Waals surface area contributed by atoms with E-state index in [0.29, 0.717) is 12.0 Å². The van der Waals surface area contributed by atoms with Crippen molar-refractivity contribution in [2.24, 2.45) is 5.92 Å². The van der Waals surface area contributed by atoms with Crippen molar-refractivity contribution in [1.82, 2.24) is 10.6 Å². The average Bonchev–Trinajstić information content (AvgIpc) is 2.45. The number of nitrogens with one attached hydrogen (secondary N) is 2. The van der Waals surface area contributed by atoms with Crippen molar-refractivity contribution in [3.63, 3.8) is 0 Å². The summed E-state index contributed by atoms with van der Waals surface area (Å²) in [6.07, 6.45) is 0. The Morgan fingerprint density at radius 3 is 3.21 bits per heavy atom. The topological polar surface area (TPSA) is 33.3 Å². The molecule has 0 aromatic carbocycles. The summed E-state index contributed by atoms with van der Waals surface area (Å²) in [5.41, 5.74) is 0. The Labute approximate surface area is 91.4 Å². The predicted octanol–water partition coefficient (Wildman–Crippen LogP) is 0.563. The Balaban J connectivity index is 2.38. The monoisotopic (exact) mass is 218 g/mol. The lowest BCUT2D eigenvalue weighted by Gasteiger charge is -2.25. The minimum Gasteiger partial charge on any atom is -0.383 e. The van der Waals surface area contributed by atoms with E-state index in [1.165, 1.54) is 11.5 Å². The zero-order valence-corrected chi connectivity index (χ0v) is 10.0. The van der Waals surface area contributed by atoms with Gasteiger partial charge in [0.1, 0.15) is 0 Å². The van der Waals surface area contributed by atoms with E-state index in [9.17, 15) is 0 Å². The lowest BCUT2D eigenvalue weighted by Crippen LogP contribution is -2.44. The third-order valence-electron chi connectivity index (χ3n) is 2.54. The third kappa shape index (κ3) is 4.17. The van der Waals surface area contributed by atoms with Gasteiger partial charge in [0.15, 0.2) is 0 Å². The average molecular weight is 218 g/mol. The molecule has 0 radical (unpaired) electrons. The van der Waals surface area contributed by atoms with Crippen LogP contribution in [-0.4, -0.2) is 50.9 Å². The largest absolute Gasteiger partial charge is 0.383 e. The quantitative estimate of drug-likeness (QED) is 0.706. The van der Waals surface area contributed by atoms with Crippen molar-refractivity contribution in [3.05, 3.63) is 0 Å². The van der Waals surface area contributed by atoms with E-state index in [-0.39, 0.29) is 0 Å². The van der Waals surface area contributed by atoms with Gasteiger partial charge in [-0.05, 0) is 18.2 Å². The zero-order chi connectivity index (χ0) is 10.2. The van der Waals surface area contributed by atoms with Gasteiger partial charge in [-0.3, -0.25) is 0 Å². The maximum Gasteiger partial charge on any atom is 0.0619 e. The predicted molar refractivity (Wildman–Crippen MR) is 63.0 cm³/mol. The first-order chi connectivity index (χ1) is 6.88. The van der Waals surface area contributed by atoms with Crippen LogP contribution in [0.25, 0.3) is 0 Å². The molecule has 1 aliphatic rings. The second-order valence-electron chi connectivity index (χ2n) is 3.66. The second-order valence-corrected chi connectivity index (χ2v) is 4.81. The van der Waals surface area contributed by atoms with Gasteiger partial charge in [0, 0.05) is 32.0 Å². The SMILES string of the molecule is CCNC(COC)C1CNCCSC1. The van der Waals surface area contributed by atoms with Gasteiger partial charge in [0.05, 0.1) is 6.61 Å². The van der Waals surface area contributed by atoms with Gasteiger partial charge in [0.2, 0.25) is 0 Å². The fraction of sp³-hybridized carbons (Fsp3) is 1.00. The highest BCUT2D eigenvalue weighted by Gasteiger charge is 2.21. The number of methoxy groups -OCH3 is 1. The van der Waals surface area contributed by atoms with Crippen LogP contribution in [0.2, 0.25) is 0 Å². The molecule has 1 fully saturated rings. The standard InChI is InChI=1S/C10H22N2OS/c1-3-12-10(7-13-2)9-6-11-4-5-14-8-9/h9-12H,3-8H2,1-2H3. The minimum absolute atomic E-state index is 0.503. The van der Waals surface area contributed by atoms with Crippen LogP contribution < -0.4 is 10.6 Å². The molecule has 0 aromatic heterocycles. The highest BCUT2D eigenvalue weighted by molar-refractivity contribution is 7.99. The normalized spacial score (nSPS) is 25.7. The molecule has 2 N–H and O–H groups in total. The highest BCUT2D eigenvalue weighted by atomic mass is 32.2. The van der Waals surface area contributed by atoms with E-state index in [1.54, 1.807) is 7.11 Å². The van der Waals surface area contributed by atoms with Gasteiger partial charge >= 0.3 is 0 Å². The number of rotatable bonds is 5. The van der Waals surface area contributed by atoms with Gasteiger partial charge in [0.25, 0.3) is 0 Å². The smallest absolute Gasteiger partial charge is 0.0619 e. The van der Waals surface area contributed by atoms with Gasteiger partial charge in [-0.25, -0.2) is 0 Å². The second kappa shape index (κ2) is 7.51. The molecule has 1 rings (SSSR count). The third-order valence-corrected chi connectivity index (χ3v) is 3.70. The lowest BCUT2D eigenvalue weighted by molar-refractivity contribution is 0.145. The van der Waals surface area contributed by atoms with Crippen molar-refractivity contribution in [1.29, 1.82) is 0 Å². The summed E-state index contributed by atoms with van der Waals surface area (Å²) in [6.45, 7) is 6.26. The van der Waals surface area contributed by atoms with Crippen LogP contribution in [0.4, 0.5) is 0 Å². The Kier molecular flexibility index (Phi) is 6.60. The molecule has 3 nitrogen and oxygen atoms in total. The number of ether oxygens (including phenoxy) is 1. The molecule has 84 valence electrons. The molecule has 1 aliphatic heterocycles. The maximum absolute atomic E-state index is 5.25. The molecule has 2 unspecified atom stereocenters. The molecule has 1 saturated heterocycles. The number of thioether (sulfide) groups is 1. The fourth-order valence-corrected chi connectivity index (χ4v) is 2.90. The van der Waals surface area contributed by atoms with E-state index in [1.807, 2.05) is 11.8 Å². The lowest BCUT2D eigenvalue weighted by atomic mass is 10.0. The van der Waals surface area contributed by atoms with Gasteiger partial charge in [-0.1, -0.05) is 6.92 Å². The van der Waals surface area contributed by atoms with Crippen LogP contribution in [0.5, 0.6) is 0 Å². The summed E-state index contributed by atoms with van der Waals surface area (Å²) >= 11 is 2.05. The van der Waals surface area contributed by atoms with Crippen molar-refractivity contribution >= 4 is 11.8 Å². The van der Waals surface area contributed by atoms with Crippen LogP contribution in [0, 0.1) is 5.92 Å². The first kappa shape index (κ1) is 12.3. The van der Waals surface area contributed by atoms with Crippen LogP contribution in [0.15, 0.2) is 0 Å². The van der Waals surface area contributed by atoms with Crippen LogP contribution in [0.1, 0.15) is 6.92 Å². The molecule has 0 aromatic rings. The number of likely N-dealkylation sites (N-methyl/N-ethyl adjacent to an activating group) is 1. The van der Waals surface area contributed by atoms with Gasteiger partial charge in [-0.15, -0.1) is 0 Å². The molecule has 0 amide bonds. The van der Waals surface area contributed by atoms with Crippen molar-refractivity contribution in [2.45, 2.75) is 13.0 Å². The Hall–Kier alpha value is 0.230. The van der Waals surface area contributed by atoms with Crippen LogP contribution >= 0.6 is 11.8 Å². The Morgan fingerprint density at radius 1 is 1.64 bits per heavy atom. The van der Waals surface area contributed by atoms with E-state index < -0.39 is 0 Å². The summed E-state index contributed by atoms with van der Waals surface area (Å²) < 4.78 is 5.25. The molecule has 1 heterocycles. The minimum atomic E-state index is 0.503. The van der Waals surface area contributed by atoms with Crippen LogP contribution in [0.3, 0.4) is 0 Å². The van der Waals surface area contributed by atoms with E-state index >= 15 is 0 Å². The van der Waals surface area contributed by atoms with Crippen molar-refractivity contribution in [3.8, 4) is 0 Å². The highest BCUT2D eigenvalue weighted by Crippen LogP contribution is 2.14. The van der Waals surface area contributed by atoms with Gasteiger partial charge < -0.3 is 15.4 Å². The molecule has 14 heavy (non-hydrogen) atoms. The number of hydrogen-bond acceptors (Lipinski definition) is 4. The summed E-state index contributed by atoms with van der Waals surface area (Å²) in [4.78, 5) is 0.